The van der Waals surface area contributed by atoms with Gasteiger partial charge < -0.3 is 15.2 Å². The Kier molecular flexibility index (Phi) is 2.84. The van der Waals surface area contributed by atoms with Crippen LogP contribution in [-0.4, -0.2) is 28.2 Å². The number of hydrogen-bond donors (Lipinski definition) is 1. The predicted molar refractivity (Wildman–Crippen MR) is 68.0 cm³/mol. The molecule has 3 rings (SSSR count). The lowest BCUT2D eigenvalue weighted by Crippen LogP contribution is -2.30. The van der Waals surface area contributed by atoms with Gasteiger partial charge in [-0.15, -0.1) is 0 Å². The average Bonchev–Trinajstić information content (AvgIpc) is 2.89. The van der Waals surface area contributed by atoms with Gasteiger partial charge in [-0.1, -0.05) is 6.07 Å². The van der Waals surface area contributed by atoms with E-state index in [-0.39, 0.29) is 0 Å². The third kappa shape index (κ3) is 2.13. The average molecular weight is 245 g/mol. The first kappa shape index (κ1) is 11.0. The van der Waals surface area contributed by atoms with Crippen LogP contribution >= 0.6 is 0 Å². The van der Waals surface area contributed by atoms with Crippen molar-refractivity contribution in [3.63, 3.8) is 0 Å². The van der Waals surface area contributed by atoms with Gasteiger partial charge in [0.25, 0.3) is 11.8 Å². The van der Waals surface area contributed by atoms with Gasteiger partial charge in [0.15, 0.2) is 0 Å². The zero-order valence-corrected chi connectivity index (χ0v) is 10.0. The molecule has 3 heterocycles. The van der Waals surface area contributed by atoms with Crippen LogP contribution in [0.4, 0.5) is 11.8 Å². The zero-order valence-electron chi connectivity index (χ0n) is 10.0. The topological polar surface area (TPSA) is 81.1 Å². The number of nitrogens with two attached hydrogens (primary N) is 1. The fourth-order valence-corrected chi connectivity index (χ4v) is 2.11. The molecule has 2 N–H and O–H groups in total. The Morgan fingerprint density at radius 3 is 2.72 bits per heavy atom. The first-order chi connectivity index (χ1) is 8.83. The highest BCUT2D eigenvalue weighted by Gasteiger charge is 2.17. The van der Waals surface area contributed by atoms with Gasteiger partial charge in [0, 0.05) is 13.1 Å². The summed E-state index contributed by atoms with van der Waals surface area (Å²) in [7, 11) is 0. The van der Waals surface area contributed by atoms with Crippen LogP contribution in [0.15, 0.2) is 22.7 Å². The van der Waals surface area contributed by atoms with E-state index in [2.05, 4.69) is 20.0 Å². The van der Waals surface area contributed by atoms with E-state index in [4.69, 9.17) is 10.3 Å². The summed E-state index contributed by atoms with van der Waals surface area (Å²) in [5, 5.41) is 4.00. The van der Waals surface area contributed by atoms with Gasteiger partial charge in [0.1, 0.15) is 11.5 Å². The molecular formula is C12H15N5O. The summed E-state index contributed by atoms with van der Waals surface area (Å²) in [6, 6.07) is 5.36. The first-order valence-corrected chi connectivity index (χ1v) is 6.14. The molecule has 1 saturated heterocycles. The summed E-state index contributed by atoms with van der Waals surface area (Å²) in [6.45, 7) is 1.98. The Labute approximate surface area is 105 Å². The number of anilines is 2. The summed E-state index contributed by atoms with van der Waals surface area (Å²) in [5.74, 6) is 1.52. The largest absolute Gasteiger partial charge is 0.384 e. The van der Waals surface area contributed by atoms with Crippen LogP contribution in [0, 0.1) is 0 Å². The molecule has 6 heteroatoms. The molecule has 18 heavy (non-hydrogen) atoms. The first-order valence-electron chi connectivity index (χ1n) is 6.14. The summed E-state index contributed by atoms with van der Waals surface area (Å²) in [5.41, 5.74) is 6.25. The van der Waals surface area contributed by atoms with Gasteiger partial charge in [-0.3, -0.25) is 0 Å². The van der Waals surface area contributed by atoms with Crippen LogP contribution in [-0.2, 0) is 0 Å². The van der Waals surface area contributed by atoms with E-state index in [1.807, 2.05) is 12.1 Å². The third-order valence-electron chi connectivity index (χ3n) is 3.04. The minimum Gasteiger partial charge on any atom is -0.384 e. The second-order valence-electron chi connectivity index (χ2n) is 4.39. The summed E-state index contributed by atoms with van der Waals surface area (Å²) < 4.78 is 5.24. The lowest BCUT2D eigenvalue weighted by molar-refractivity contribution is 0.425. The van der Waals surface area contributed by atoms with E-state index >= 15 is 0 Å². The monoisotopic (exact) mass is 245 g/mol. The molecule has 0 atom stereocenters. The van der Waals surface area contributed by atoms with Gasteiger partial charge in [-0.25, -0.2) is 4.98 Å². The second-order valence-corrected chi connectivity index (χ2v) is 4.39. The Morgan fingerprint density at radius 2 is 1.94 bits per heavy atom. The van der Waals surface area contributed by atoms with Crippen molar-refractivity contribution >= 4 is 11.8 Å². The Balaban J connectivity index is 1.84. The van der Waals surface area contributed by atoms with Crippen LogP contribution in [0.3, 0.4) is 0 Å². The smallest absolute Gasteiger partial charge is 0.278 e. The molecule has 2 aromatic heterocycles. The summed E-state index contributed by atoms with van der Waals surface area (Å²) >= 11 is 0. The fourth-order valence-electron chi connectivity index (χ4n) is 2.11. The van der Waals surface area contributed by atoms with Crippen molar-refractivity contribution in [1.82, 2.24) is 15.1 Å². The molecule has 0 unspecified atom stereocenters. The highest BCUT2D eigenvalue weighted by molar-refractivity contribution is 5.52. The molecule has 0 spiro atoms. The molecule has 0 aliphatic carbocycles. The van der Waals surface area contributed by atoms with E-state index in [0.717, 1.165) is 13.1 Å². The Morgan fingerprint density at radius 1 is 1.11 bits per heavy atom. The molecule has 2 aromatic rings. The van der Waals surface area contributed by atoms with Crippen LogP contribution in [0.1, 0.15) is 19.3 Å². The van der Waals surface area contributed by atoms with Gasteiger partial charge in [0.05, 0.1) is 0 Å². The lowest BCUT2D eigenvalue weighted by Gasteiger charge is -2.24. The van der Waals surface area contributed by atoms with Crippen molar-refractivity contribution < 1.29 is 4.52 Å². The standard InChI is InChI=1S/C12H15N5O/c13-10-6-4-5-9(14-10)11-15-12(16-18-11)17-7-2-1-3-8-17/h4-6H,1-3,7-8H2,(H2,13,14). The lowest BCUT2D eigenvalue weighted by atomic mass is 10.1. The van der Waals surface area contributed by atoms with Crippen molar-refractivity contribution in [3.8, 4) is 11.6 Å². The number of nitrogen functional groups attached to an aromatic ring is 1. The highest BCUT2D eigenvalue weighted by Crippen LogP contribution is 2.21. The molecule has 94 valence electrons. The van der Waals surface area contributed by atoms with Crippen LogP contribution in [0.25, 0.3) is 11.6 Å². The third-order valence-corrected chi connectivity index (χ3v) is 3.04. The summed E-state index contributed by atoms with van der Waals surface area (Å²) in [4.78, 5) is 10.7. The van der Waals surface area contributed by atoms with Crippen molar-refractivity contribution in [3.05, 3.63) is 18.2 Å². The van der Waals surface area contributed by atoms with E-state index in [9.17, 15) is 0 Å². The van der Waals surface area contributed by atoms with E-state index in [1.165, 1.54) is 19.3 Å². The van der Waals surface area contributed by atoms with Crippen LogP contribution < -0.4 is 10.6 Å². The van der Waals surface area contributed by atoms with Crippen LogP contribution in [0.5, 0.6) is 0 Å². The number of hydrogen-bond acceptors (Lipinski definition) is 6. The molecule has 6 nitrogen and oxygen atoms in total. The normalized spacial score (nSPS) is 15.9. The zero-order chi connectivity index (χ0) is 12.4. The molecule has 0 aromatic carbocycles. The summed E-state index contributed by atoms with van der Waals surface area (Å²) in [6.07, 6.45) is 3.64. The molecule has 0 radical (unpaired) electrons. The number of piperidine rings is 1. The molecule has 0 amide bonds. The van der Waals surface area contributed by atoms with E-state index < -0.39 is 0 Å². The van der Waals surface area contributed by atoms with Gasteiger partial charge in [0.2, 0.25) is 0 Å². The highest BCUT2D eigenvalue weighted by atomic mass is 16.5. The van der Waals surface area contributed by atoms with Crippen molar-refractivity contribution in [2.45, 2.75) is 19.3 Å². The SMILES string of the molecule is Nc1cccc(-c2nc(N3CCCCC3)no2)n1. The number of rotatable bonds is 2. The quantitative estimate of drug-likeness (QED) is 0.867. The predicted octanol–water partition coefficient (Wildman–Crippen LogP) is 1.70. The van der Waals surface area contributed by atoms with Crippen molar-refractivity contribution in [2.75, 3.05) is 23.7 Å². The van der Waals surface area contributed by atoms with Gasteiger partial charge >= 0.3 is 0 Å². The molecule has 1 fully saturated rings. The Bertz CT molecular complexity index is 533. The van der Waals surface area contributed by atoms with E-state index in [1.54, 1.807) is 6.07 Å². The van der Waals surface area contributed by atoms with Gasteiger partial charge in [-0.05, 0) is 36.6 Å². The van der Waals surface area contributed by atoms with Gasteiger partial charge in [-0.2, -0.15) is 4.98 Å². The maximum Gasteiger partial charge on any atom is 0.278 e. The van der Waals surface area contributed by atoms with E-state index in [0.29, 0.717) is 23.4 Å². The number of pyridine rings is 1. The van der Waals surface area contributed by atoms with Crippen molar-refractivity contribution in [2.24, 2.45) is 0 Å². The van der Waals surface area contributed by atoms with Crippen LogP contribution in [0.2, 0.25) is 0 Å². The number of aromatic nitrogens is 3. The minimum atomic E-state index is 0.419. The maximum absolute atomic E-state index is 5.63. The minimum absolute atomic E-state index is 0.419. The molecule has 0 bridgehead atoms. The second kappa shape index (κ2) is 4.64. The van der Waals surface area contributed by atoms with Crippen molar-refractivity contribution in [1.29, 1.82) is 0 Å². The number of nitrogens with zero attached hydrogens (tertiary/aromatic N) is 4. The Hall–Kier alpha value is -2.11. The molecule has 0 saturated carbocycles. The fraction of sp³-hybridized carbons (Fsp3) is 0.417. The molecule has 1 aliphatic heterocycles. The maximum atomic E-state index is 5.63. The molecular weight excluding hydrogens is 230 g/mol. The molecule has 1 aliphatic rings.